The van der Waals surface area contributed by atoms with Crippen molar-refractivity contribution in [3.05, 3.63) is 0 Å². The molecule has 1 heterocycles. The summed E-state index contributed by atoms with van der Waals surface area (Å²) in [5.74, 6) is 0.0719. The molecule has 0 bridgehead atoms. The van der Waals surface area contributed by atoms with Crippen molar-refractivity contribution in [1.82, 2.24) is 9.80 Å². The lowest BCUT2D eigenvalue weighted by Gasteiger charge is -2.33. The van der Waals surface area contributed by atoms with Crippen molar-refractivity contribution >= 4 is 11.8 Å². The first-order valence-electron chi connectivity index (χ1n) is 7.53. The maximum Gasteiger partial charge on any atom is 0.245 e. The molecule has 0 aromatic rings. The van der Waals surface area contributed by atoms with Gasteiger partial charge in [-0.25, -0.2) is 0 Å². The van der Waals surface area contributed by atoms with Gasteiger partial charge in [0.25, 0.3) is 0 Å². The second-order valence-electron chi connectivity index (χ2n) is 6.40. The van der Waals surface area contributed by atoms with Crippen LogP contribution in [0, 0.1) is 5.41 Å². The molecule has 5 heteroatoms. The number of likely N-dealkylation sites (N-methyl/N-ethyl adjacent to an activating group) is 1. The molecule has 1 rings (SSSR count). The molecule has 0 aromatic carbocycles. The summed E-state index contributed by atoms with van der Waals surface area (Å²) in [5.41, 5.74) is -0.453. The summed E-state index contributed by atoms with van der Waals surface area (Å²) in [6, 6.07) is -0.319. The topological polar surface area (TPSA) is 60.9 Å². The normalized spacial score (nSPS) is 19.2. The van der Waals surface area contributed by atoms with Gasteiger partial charge in [0.15, 0.2) is 0 Å². The van der Waals surface area contributed by atoms with Gasteiger partial charge in [-0.05, 0) is 26.2 Å². The molecule has 2 amide bonds. The summed E-state index contributed by atoms with van der Waals surface area (Å²) in [5, 5.41) is 8.90. The zero-order valence-electron chi connectivity index (χ0n) is 13.2. The minimum atomic E-state index is -0.453. The number of likely N-dealkylation sites (tertiary alicyclic amines) is 1. The Balaban J connectivity index is 2.77. The number of amides is 2. The third-order valence-corrected chi connectivity index (χ3v) is 3.72. The minimum absolute atomic E-state index is 0.0241. The molecule has 0 spiro atoms. The Morgan fingerprint density at radius 2 is 2.00 bits per heavy atom. The largest absolute Gasteiger partial charge is 0.396 e. The van der Waals surface area contributed by atoms with Gasteiger partial charge in [-0.2, -0.15) is 0 Å². The van der Waals surface area contributed by atoms with Crippen LogP contribution in [0.5, 0.6) is 0 Å². The Labute approximate surface area is 121 Å². The Morgan fingerprint density at radius 3 is 2.50 bits per heavy atom. The lowest BCUT2D eigenvalue weighted by Crippen LogP contribution is -2.50. The molecule has 0 aliphatic carbocycles. The Kier molecular flexibility index (Phi) is 5.99. The molecule has 5 nitrogen and oxygen atoms in total. The fourth-order valence-corrected chi connectivity index (χ4v) is 2.59. The van der Waals surface area contributed by atoms with E-state index in [0.717, 1.165) is 12.8 Å². The second kappa shape index (κ2) is 7.07. The van der Waals surface area contributed by atoms with Crippen molar-refractivity contribution in [2.75, 3.05) is 26.2 Å². The average molecular weight is 284 g/mol. The molecule has 0 radical (unpaired) electrons. The molecule has 1 N–H and O–H groups in total. The molecule has 20 heavy (non-hydrogen) atoms. The first kappa shape index (κ1) is 17.0. The third-order valence-electron chi connectivity index (χ3n) is 3.72. The predicted molar refractivity (Wildman–Crippen MR) is 78.1 cm³/mol. The number of carbonyl (C=O) groups is 2. The van der Waals surface area contributed by atoms with Crippen LogP contribution in [0.15, 0.2) is 0 Å². The number of nitrogens with zero attached hydrogens (tertiary/aromatic N) is 2. The van der Waals surface area contributed by atoms with E-state index in [-0.39, 0.29) is 24.5 Å². The molecule has 0 saturated carbocycles. The van der Waals surface area contributed by atoms with Crippen molar-refractivity contribution in [1.29, 1.82) is 0 Å². The Hall–Kier alpha value is -1.10. The third kappa shape index (κ3) is 3.95. The number of aliphatic hydroxyl groups is 1. The summed E-state index contributed by atoms with van der Waals surface area (Å²) in [6.07, 6.45) is 2.21. The van der Waals surface area contributed by atoms with Crippen LogP contribution in [0.3, 0.4) is 0 Å². The van der Waals surface area contributed by atoms with Gasteiger partial charge < -0.3 is 14.9 Å². The molecule has 1 fully saturated rings. The molecule has 1 aliphatic rings. The van der Waals surface area contributed by atoms with E-state index in [9.17, 15) is 9.59 Å². The van der Waals surface area contributed by atoms with Gasteiger partial charge in [0, 0.05) is 31.7 Å². The van der Waals surface area contributed by atoms with E-state index < -0.39 is 5.41 Å². The first-order valence-corrected chi connectivity index (χ1v) is 7.53. The van der Waals surface area contributed by atoms with Crippen molar-refractivity contribution in [2.24, 2.45) is 5.41 Å². The highest BCUT2D eigenvalue weighted by Gasteiger charge is 2.39. The molecule has 1 aliphatic heterocycles. The van der Waals surface area contributed by atoms with E-state index >= 15 is 0 Å². The van der Waals surface area contributed by atoms with Crippen LogP contribution in [-0.2, 0) is 9.59 Å². The molecule has 1 unspecified atom stereocenters. The summed E-state index contributed by atoms with van der Waals surface area (Å²) in [6.45, 7) is 9.52. The SMILES string of the molecule is CCN(CCCO)C(=O)C1CCCN1C(=O)C(C)(C)C. The van der Waals surface area contributed by atoms with Gasteiger partial charge >= 0.3 is 0 Å². The summed E-state index contributed by atoms with van der Waals surface area (Å²) >= 11 is 0. The summed E-state index contributed by atoms with van der Waals surface area (Å²) in [4.78, 5) is 28.5. The van der Waals surface area contributed by atoms with Crippen LogP contribution in [0.4, 0.5) is 0 Å². The number of hydrogen-bond donors (Lipinski definition) is 1. The van der Waals surface area contributed by atoms with Crippen molar-refractivity contribution in [2.45, 2.75) is 53.0 Å². The van der Waals surface area contributed by atoms with Crippen molar-refractivity contribution in [3.63, 3.8) is 0 Å². The van der Waals surface area contributed by atoms with E-state index in [0.29, 0.717) is 26.1 Å². The van der Waals surface area contributed by atoms with Crippen LogP contribution in [0.1, 0.15) is 47.0 Å². The van der Waals surface area contributed by atoms with E-state index in [1.54, 1.807) is 9.80 Å². The summed E-state index contributed by atoms with van der Waals surface area (Å²) in [7, 11) is 0. The van der Waals surface area contributed by atoms with Crippen molar-refractivity contribution < 1.29 is 14.7 Å². The maximum atomic E-state index is 12.6. The highest BCUT2D eigenvalue weighted by Crippen LogP contribution is 2.26. The maximum absolute atomic E-state index is 12.6. The molecule has 0 aromatic heterocycles. The van der Waals surface area contributed by atoms with Crippen LogP contribution >= 0.6 is 0 Å². The quantitative estimate of drug-likeness (QED) is 0.826. The van der Waals surface area contributed by atoms with E-state index in [1.165, 1.54) is 0 Å². The van der Waals surface area contributed by atoms with Gasteiger partial charge in [0.2, 0.25) is 11.8 Å². The van der Waals surface area contributed by atoms with E-state index in [4.69, 9.17) is 5.11 Å². The summed E-state index contributed by atoms with van der Waals surface area (Å²) < 4.78 is 0. The van der Waals surface area contributed by atoms with Crippen molar-refractivity contribution in [3.8, 4) is 0 Å². The number of rotatable bonds is 5. The average Bonchev–Trinajstić information content (AvgIpc) is 2.86. The van der Waals surface area contributed by atoms with Gasteiger partial charge in [-0.15, -0.1) is 0 Å². The van der Waals surface area contributed by atoms with Gasteiger partial charge in [-0.1, -0.05) is 20.8 Å². The molecule has 116 valence electrons. The zero-order valence-corrected chi connectivity index (χ0v) is 13.2. The monoisotopic (exact) mass is 284 g/mol. The van der Waals surface area contributed by atoms with Gasteiger partial charge in [-0.3, -0.25) is 9.59 Å². The molecule has 1 atom stereocenters. The van der Waals surface area contributed by atoms with E-state index in [1.807, 2.05) is 27.7 Å². The molecular weight excluding hydrogens is 256 g/mol. The standard InChI is InChI=1S/C15H28N2O3/c1-5-16(9-7-11-18)13(19)12-8-6-10-17(12)14(20)15(2,3)4/h12,18H,5-11H2,1-4H3. The Morgan fingerprint density at radius 1 is 1.35 bits per heavy atom. The Bertz CT molecular complexity index is 350. The second-order valence-corrected chi connectivity index (χ2v) is 6.40. The fraction of sp³-hybridized carbons (Fsp3) is 0.867. The smallest absolute Gasteiger partial charge is 0.245 e. The number of aliphatic hydroxyl groups excluding tert-OH is 1. The van der Waals surface area contributed by atoms with Gasteiger partial charge in [0.05, 0.1) is 0 Å². The fourth-order valence-electron chi connectivity index (χ4n) is 2.59. The highest BCUT2D eigenvalue weighted by molar-refractivity contribution is 5.90. The van der Waals surface area contributed by atoms with Crippen LogP contribution in [0.2, 0.25) is 0 Å². The van der Waals surface area contributed by atoms with Crippen LogP contribution in [0.25, 0.3) is 0 Å². The molecular formula is C15H28N2O3. The van der Waals surface area contributed by atoms with Gasteiger partial charge in [0.1, 0.15) is 6.04 Å². The van der Waals surface area contributed by atoms with E-state index in [2.05, 4.69) is 0 Å². The zero-order chi connectivity index (χ0) is 15.3. The number of hydrogen-bond acceptors (Lipinski definition) is 3. The molecule has 1 saturated heterocycles. The number of carbonyl (C=O) groups excluding carboxylic acids is 2. The van der Waals surface area contributed by atoms with Crippen LogP contribution in [-0.4, -0.2) is 59.0 Å². The minimum Gasteiger partial charge on any atom is -0.396 e. The lowest BCUT2D eigenvalue weighted by molar-refractivity contribution is -0.148. The first-order chi connectivity index (χ1) is 9.32. The lowest BCUT2D eigenvalue weighted by atomic mass is 9.94. The predicted octanol–water partition coefficient (Wildman–Crippen LogP) is 1.25. The highest BCUT2D eigenvalue weighted by atomic mass is 16.3. The van der Waals surface area contributed by atoms with Crippen LogP contribution < -0.4 is 0 Å².